The molecule has 0 fully saturated rings. The average Bonchev–Trinajstić information content (AvgIpc) is 2.00. The van der Waals surface area contributed by atoms with Crippen LogP contribution in [0.2, 0.25) is 0 Å². The number of thiol groups is 2. The second kappa shape index (κ2) is 7.05. The number of nitrogens with zero attached hydrogens (tertiary/aromatic N) is 1. The molecule has 0 saturated carbocycles. The van der Waals surface area contributed by atoms with Crippen LogP contribution in [0.5, 0.6) is 0 Å². The van der Waals surface area contributed by atoms with Gasteiger partial charge in [-0.25, -0.2) is 0 Å². The SMILES string of the molecule is CC(C)CN(CC(C)C)CC(S)(S)CN. The van der Waals surface area contributed by atoms with Gasteiger partial charge < -0.3 is 10.6 Å². The van der Waals surface area contributed by atoms with Gasteiger partial charge in [0.1, 0.15) is 0 Å². The van der Waals surface area contributed by atoms with Crippen molar-refractivity contribution in [1.82, 2.24) is 4.90 Å². The molecule has 0 aromatic carbocycles. The molecular formula is C11H26N2S2. The van der Waals surface area contributed by atoms with E-state index in [1.807, 2.05) is 0 Å². The van der Waals surface area contributed by atoms with Gasteiger partial charge >= 0.3 is 0 Å². The third-order valence-corrected chi connectivity index (χ3v) is 2.70. The van der Waals surface area contributed by atoms with E-state index in [-0.39, 0.29) is 4.08 Å². The molecule has 92 valence electrons. The summed E-state index contributed by atoms with van der Waals surface area (Å²) in [6.45, 7) is 12.4. The van der Waals surface area contributed by atoms with Crippen molar-refractivity contribution in [2.45, 2.75) is 31.8 Å². The Balaban J connectivity index is 4.23. The van der Waals surface area contributed by atoms with Crippen LogP contribution in [0.4, 0.5) is 0 Å². The van der Waals surface area contributed by atoms with E-state index in [9.17, 15) is 0 Å². The van der Waals surface area contributed by atoms with Crippen molar-refractivity contribution in [2.75, 3.05) is 26.2 Å². The summed E-state index contributed by atoms with van der Waals surface area (Å²) in [6.07, 6.45) is 0. The summed E-state index contributed by atoms with van der Waals surface area (Å²) in [5, 5.41) is 0. The van der Waals surface area contributed by atoms with Crippen molar-refractivity contribution >= 4 is 25.3 Å². The molecule has 0 aromatic heterocycles. The predicted octanol–water partition coefficient (Wildman–Crippen LogP) is 2.12. The van der Waals surface area contributed by atoms with E-state index in [4.69, 9.17) is 5.73 Å². The molecule has 0 spiro atoms. The normalized spacial score (nSPS) is 13.2. The van der Waals surface area contributed by atoms with E-state index >= 15 is 0 Å². The maximum absolute atomic E-state index is 5.64. The third-order valence-electron chi connectivity index (χ3n) is 2.05. The van der Waals surface area contributed by atoms with Crippen molar-refractivity contribution in [3.8, 4) is 0 Å². The van der Waals surface area contributed by atoms with Gasteiger partial charge in [-0.3, -0.25) is 0 Å². The topological polar surface area (TPSA) is 29.3 Å². The number of hydrogen-bond acceptors (Lipinski definition) is 4. The van der Waals surface area contributed by atoms with Gasteiger partial charge in [0.05, 0.1) is 4.08 Å². The van der Waals surface area contributed by atoms with E-state index in [2.05, 4.69) is 57.9 Å². The van der Waals surface area contributed by atoms with Crippen LogP contribution in [0.3, 0.4) is 0 Å². The van der Waals surface area contributed by atoms with Gasteiger partial charge in [0.25, 0.3) is 0 Å². The first-order valence-corrected chi connectivity index (χ1v) is 6.53. The van der Waals surface area contributed by atoms with Crippen LogP contribution < -0.4 is 5.73 Å². The lowest BCUT2D eigenvalue weighted by Crippen LogP contribution is -2.43. The summed E-state index contributed by atoms with van der Waals surface area (Å²) in [5.41, 5.74) is 5.64. The van der Waals surface area contributed by atoms with Crippen LogP contribution in [0.25, 0.3) is 0 Å². The zero-order chi connectivity index (χ0) is 12.1. The molecule has 0 aliphatic heterocycles. The van der Waals surface area contributed by atoms with Gasteiger partial charge in [0, 0.05) is 26.2 Å². The van der Waals surface area contributed by atoms with Crippen molar-refractivity contribution in [1.29, 1.82) is 0 Å². The molecule has 0 atom stereocenters. The Morgan fingerprint density at radius 2 is 1.47 bits per heavy atom. The monoisotopic (exact) mass is 250 g/mol. The van der Waals surface area contributed by atoms with E-state index in [1.54, 1.807) is 0 Å². The Labute approximate surface area is 106 Å². The van der Waals surface area contributed by atoms with Gasteiger partial charge in [-0.1, -0.05) is 27.7 Å². The van der Waals surface area contributed by atoms with Crippen LogP contribution in [-0.4, -0.2) is 35.2 Å². The molecule has 4 heteroatoms. The summed E-state index contributed by atoms with van der Waals surface area (Å²) in [4.78, 5) is 2.40. The lowest BCUT2D eigenvalue weighted by molar-refractivity contribution is 0.217. The third kappa shape index (κ3) is 8.43. The highest BCUT2D eigenvalue weighted by Crippen LogP contribution is 2.20. The maximum atomic E-state index is 5.64. The maximum Gasteiger partial charge on any atom is 0.0800 e. The molecule has 0 heterocycles. The summed E-state index contributed by atoms with van der Waals surface area (Å²) in [6, 6.07) is 0. The number of hydrogen-bond donors (Lipinski definition) is 3. The van der Waals surface area contributed by atoms with Gasteiger partial charge in [0.2, 0.25) is 0 Å². The Morgan fingerprint density at radius 1 is 1.07 bits per heavy atom. The molecule has 0 amide bonds. The van der Waals surface area contributed by atoms with Crippen molar-refractivity contribution in [3.05, 3.63) is 0 Å². The second-order valence-electron chi connectivity index (χ2n) is 5.17. The fraction of sp³-hybridized carbons (Fsp3) is 1.00. The molecule has 0 rings (SSSR count). The second-order valence-corrected chi connectivity index (χ2v) is 7.23. The largest absolute Gasteiger partial charge is 0.328 e. The molecule has 15 heavy (non-hydrogen) atoms. The molecule has 0 unspecified atom stereocenters. The molecule has 0 aliphatic rings. The van der Waals surface area contributed by atoms with Gasteiger partial charge in [-0.05, 0) is 11.8 Å². The fourth-order valence-electron chi connectivity index (χ4n) is 1.66. The molecular weight excluding hydrogens is 224 g/mol. The van der Waals surface area contributed by atoms with E-state index < -0.39 is 0 Å². The predicted molar refractivity (Wildman–Crippen MR) is 75.9 cm³/mol. The van der Waals surface area contributed by atoms with Crippen molar-refractivity contribution in [3.63, 3.8) is 0 Å². The minimum absolute atomic E-state index is 0.371. The molecule has 0 aliphatic carbocycles. The zero-order valence-electron chi connectivity index (χ0n) is 10.4. The standard InChI is InChI=1S/C11H26N2S2/c1-9(2)5-13(6-10(3)4)8-11(14,15)7-12/h9-10,14-15H,5-8,12H2,1-4H3. The lowest BCUT2D eigenvalue weighted by atomic mass is 10.1. The minimum atomic E-state index is -0.371. The molecule has 0 bridgehead atoms. The Hall–Kier alpha value is 0.620. The van der Waals surface area contributed by atoms with Crippen molar-refractivity contribution in [2.24, 2.45) is 17.6 Å². The van der Waals surface area contributed by atoms with Crippen LogP contribution in [-0.2, 0) is 0 Å². The highest BCUT2D eigenvalue weighted by atomic mass is 32.2. The van der Waals surface area contributed by atoms with E-state index in [0.717, 1.165) is 19.6 Å². The summed E-state index contributed by atoms with van der Waals surface area (Å²) >= 11 is 8.94. The Kier molecular flexibility index (Phi) is 7.34. The molecule has 2 N–H and O–H groups in total. The average molecular weight is 250 g/mol. The highest BCUT2D eigenvalue weighted by molar-refractivity contribution is 8.00. The zero-order valence-corrected chi connectivity index (χ0v) is 12.2. The molecule has 0 aromatic rings. The first-order valence-electron chi connectivity index (χ1n) is 5.64. The van der Waals surface area contributed by atoms with Crippen LogP contribution in [0.1, 0.15) is 27.7 Å². The van der Waals surface area contributed by atoms with Crippen LogP contribution >= 0.6 is 25.3 Å². The minimum Gasteiger partial charge on any atom is -0.328 e. The molecule has 2 nitrogen and oxygen atoms in total. The van der Waals surface area contributed by atoms with E-state index in [0.29, 0.717) is 18.4 Å². The summed E-state index contributed by atoms with van der Waals surface area (Å²) in [7, 11) is 0. The quantitative estimate of drug-likeness (QED) is 0.477. The smallest absolute Gasteiger partial charge is 0.0800 e. The number of nitrogens with two attached hydrogens (primary N) is 1. The summed E-state index contributed by atoms with van der Waals surface area (Å²) in [5.74, 6) is 1.33. The first kappa shape index (κ1) is 15.6. The molecule has 0 radical (unpaired) electrons. The van der Waals surface area contributed by atoms with E-state index in [1.165, 1.54) is 0 Å². The van der Waals surface area contributed by atoms with Gasteiger partial charge in [-0.15, -0.1) is 0 Å². The fourth-order valence-corrected chi connectivity index (χ4v) is 2.06. The first-order chi connectivity index (χ1) is 6.76. The Morgan fingerprint density at radius 3 is 1.73 bits per heavy atom. The molecule has 0 saturated heterocycles. The summed E-state index contributed by atoms with van der Waals surface area (Å²) < 4.78 is -0.371. The van der Waals surface area contributed by atoms with Gasteiger partial charge in [-0.2, -0.15) is 25.3 Å². The van der Waals surface area contributed by atoms with Crippen LogP contribution in [0, 0.1) is 11.8 Å². The Bertz CT molecular complexity index is 160. The lowest BCUT2D eigenvalue weighted by Gasteiger charge is -2.32. The highest BCUT2D eigenvalue weighted by Gasteiger charge is 2.23. The van der Waals surface area contributed by atoms with Crippen LogP contribution in [0.15, 0.2) is 0 Å². The van der Waals surface area contributed by atoms with Gasteiger partial charge in [0.15, 0.2) is 0 Å². The number of rotatable bonds is 7. The van der Waals surface area contributed by atoms with Crippen molar-refractivity contribution < 1.29 is 0 Å².